The highest BCUT2D eigenvalue weighted by atomic mass is 32.3. The number of aliphatic imine (C=N–C) groups is 2. The molecule has 1 aliphatic heterocycles. The van der Waals surface area contributed by atoms with Gasteiger partial charge in [0.15, 0.2) is 0 Å². The number of amidine groups is 1. The van der Waals surface area contributed by atoms with Gasteiger partial charge in [0.2, 0.25) is 12.2 Å². The average Bonchev–Trinajstić information content (AvgIpc) is 0.944. The van der Waals surface area contributed by atoms with Crippen molar-refractivity contribution in [2.75, 3.05) is 0 Å². The van der Waals surface area contributed by atoms with Crippen molar-refractivity contribution >= 4 is 75.5 Å². The Labute approximate surface area is 620 Å². The van der Waals surface area contributed by atoms with E-state index < -0.39 is 26.3 Å². The molecule has 7 heteroatoms. The third kappa shape index (κ3) is 11.1. The molecule has 0 saturated carbocycles. The number of nitrogens with one attached hydrogen (secondary N) is 1. The molecule has 504 valence electrons. The average molecular weight is 1390 g/mol. The van der Waals surface area contributed by atoms with Crippen LogP contribution in [-0.4, -0.2) is 20.9 Å². The lowest BCUT2D eigenvalue weighted by Gasteiger charge is -2.46. The summed E-state index contributed by atoms with van der Waals surface area (Å²) < 4.78 is 4.69. The summed E-state index contributed by atoms with van der Waals surface area (Å²) in [5, 5.41) is 8.75. The molecular formula is C99H71N5S2. The quantitative estimate of drug-likeness (QED) is 0.109. The van der Waals surface area contributed by atoms with Crippen LogP contribution in [0.2, 0.25) is 0 Å². The molecule has 3 heterocycles. The van der Waals surface area contributed by atoms with Gasteiger partial charge in [0.25, 0.3) is 0 Å². The summed E-state index contributed by atoms with van der Waals surface area (Å²) in [6.07, 6.45) is -0.702. The number of aromatic nitrogens is 2. The van der Waals surface area contributed by atoms with Crippen molar-refractivity contribution in [2.24, 2.45) is 9.98 Å². The van der Waals surface area contributed by atoms with E-state index in [1.165, 1.54) is 29.4 Å². The Morgan fingerprint density at radius 1 is 0.217 bits per heavy atom. The lowest BCUT2D eigenvalue weighted by molar-refractivity contribution is 0.513. The highest BCUT2D eigenvalue weighted by Gasteiger charge is 2.40. The van der Waals surface area contributed by atoms with Crippen molar-refractivity contribution in [3.8, 4) is 55.6 Å². The highest BCUT2D eigenvalue weighted by molar-refractivity contribution is 8.34. The van der Waals surface area contributed by atoms with Gasteiger partial charge in [-0.1, -0.05) is 297 Å². The Morgan fingerprint density at radius 3 is 0.896 bits per heavy atom. The van der Waals surface area contributed by atoms with Gasteiger partial charge in [0, 0.05) is 66.3 Å². The van der Waals surface area contributed by atoms with Crippen LogP contribution in [0, 0.1) is 0 Å². The van der Waals surface area contributed by atoms with Crippen molar-refractivity contribution < 1.29 is 0 Å². The highest BCUT2D eigenvalue weighted by Crippen LogP contribution is 2.78. The predicted octanol–water partition coefficient (Wildman–Crippen LogP) is 26.3. The fraction of sp³-hybridized carbons (Fsp3) is 0.0101. The zero-order valence-corrected chi connectivity index (χ0v) is 59.7. The third-order valence-electron chi connectivity index (χ3n) is 20.8. The van der Waals surface area contributed by atoms with Gasteiger partial charge in [-0.2, -0.15) is 4.99 Å². The Hall–Kier alpha value is -13.0. The Morgan fingerprint density at radius 2 is 0.509 bits per heavy atom. The van der Waals surface area contributed by atoms with E-state index in [0.29, 0.717) is 11.8 Å². The van der Waals surface area contributed by atoms with Crippen LogP contribution in [0.15, 0.2) is 468 Å². The Balaban J connectivity index is 0.980. The first-order chi connectivity index (χ1) is 52.5. The summed E-state index contributed by atoms with van der Waals surface area (Å²) in [5.74, 6) is 1.24. The van der Waals surface area contributed by atoms with E-state index in [-0.39, 0.29) is 0 Å². The van der Waals surface area contributed by atoms with Crippen LogP contribution >= 0.6 is 20.1 Å². The van der Waals surface area contributed by atoms with E-state index in [2.05, 4.69) is 433 Å². The van der Waals surface area contributed by atoms with Gasteiger partial charge in [-0.05, 0) is 177 Å². The van der Waals surface area contributed by atoms with Crippen molar-refractivity contribution in [3.63, 3.8) is 0 Å². The summed E-state index contributed by atoms with van der Waals surface area (Å²) in [5.41, 5.74) is 16.5. The molecule has 19 rings (SSSR count). The summed E-state index contributed by atoms with van der Waals surface area (Å²) in [7, 11) is -5.26. The molecule has 0 aliphatic carbocycles. The van der Waals surface area contributed by atoms with Crippen LogP contribution in [0.3, 0.4) is 0 Å². The Bertz CT molecular complexity index is 5900. The van der Waals surface area contributed by atoms with Crippen LogP contribution in [0.5, 0.6) is 0 Å². The van der Waals surface area contributed by atoms with Crippen LogP contribution in [0.1, 0.15) is 11.9 Å². The first kappa shape index (κ1) is 63.9. The second-order valence-corrected chi connectivity index (χ2v) is 33.1. The molecule has 1 aliphatic rings. The first-order valence-corrected chi connectivity index (χ1v) is 39.4. The van der Waals surface area contributed by atoms with Crippen molar-refractivity contribution in [1.29, 1.82) is 0 Å². The molecule has 1 unspecified atom stereocenters. The maximum absolute atomic E-state index is 6.12. The molecule has 0 saturated heterocycles. The molecule has 0 amide bonds. The van der Waals surface area contributed by atoms with Gasteiger partial charge in [-0.25, -0.2) is 4.99 Å². The maximum Gasteiger partial charge on any atom is 0.235 e. The minimum atomic E-state index is -2.63. The normalized spacial score (nSPS) is 13.5. The molecule has 0 bridgehead atoms. The third-order valence-corrected chi connectivity index (χ3v) is 28.5. The van der Waals surface area contributed by atoms with Gasteiger partial charge >= 0.3 is 0 Å². The van der Waals surface area contributed by atoms with Crippen LogP contribution in [0.4, 0.5) is 0 Å². The Kier molecular flexibility index (Phi) is 16.4. The molecule has 1 atom stereocenters. The molecule has 5 nitrogen and oxygen atoms in total. The van der Waals surface area contributed by atoms with E-state index >= 15 is 0 Å². The SMILES string of the molecule is c1ccc(-c2cccc(S(c3ccccc3)(c3cccc(-c4ccccc4)c3)c3cc(C4=NC(n5c6ccccc6c6cc(-c7ccccc7)ccc65)=NC(n5c6ccccc6c6ccccc65)N4)cc(S(c4ccccc4)(c4cccc(-c5ccccc5)c4)c4cccc(-c5ccccc5)c4)c3)c2)cc1. The molecule has 0 spiro atoms. The minimum Gasteiger partial charge on any atom is -0.330 e. The van der Waals surface area contributed by atoms with E-state index in [1.54, 1.807) is 0 Å². The van der Waals surface area contributed by atoms with E-state index in [1.807, 2.05) is 0 Å². The number of benzene rings is 16. The maximum atomic E-state index is 6.12. The number of hydrogen-bond donors (Lipinski definition) is 1. The van der Waals surface area contributed by atoms with Gasteiger partial charge < -0.3 is 9.88 Å². The van der Waals surface area contributed by atoms with Gasteiger partial charge in [-0.3, -0.25) is 4.57 Å². The molecule has 0 radical (unpaired) electrons. The predicted molar refractivity (Wildman–Crippen MR) is 444 cm³/mol. The van der Waals surface area contributed by atoms with Crippen molar-refractivity contribution in [1.82, 2.24) is 14.5 Å². The number of rotatable bonds is 15. The summed E-state index contributed by atoms with van der Waals surface area (Å²) in [4.78, 5) is 21.5. The molecule has 18 aromatic rings. The number of fused-ring (bicyclic) bond motifs is 6. The minimum absolute atomic E-state index is 0.562. The fourth-order valence-electron chi connectivity index (χ4n) is 15.9. The number of nitrogens with zero attached hydrogens (tertiary/aromatic N) is 4. The first-order valence-electron chi connectivity index (χ1n) is 36.1. The van der Waals surface area contributed by atoms with E-state index in [0.717, 1.165) is 115 Å². The molecular weight excluding hydrogens is 1320 g/mol. The largest absolute Gasteiger partial charge is 0.330 e. The van der Waals surface area contributed by atoms with Crippen LogP contribution < -0.4 is 5.32 Å². The summed E-state index contributed by atoms with van der Waals surface area (Å²) >= 11 is 0. The monoisotopic (exact) mass is 1390 g/mol. The van der Waals surface area contributed by atoms with Crippen molar-refractivity contribution in [2.45, 2.75) is 45.5 Å². The molecule has 1 N–H and O–H groups in total. The second-order valence-electron chi connectivity index (χ2n) is 26.9. The van der Waals surface area contributed by atoms with Gasteiger partial charge in [0.1, 0.15) is 5.84 Å². The summed E-state index contributed by atoms with van der Waals surface area (Å²) in [6.45, 7) is 0. The fourth-order valence-corrected chi connectivity index (χ4v) is 24.0. The zero-order chi connectivity index (χ0) is 70.4. The van der Waals surface area contributed by atoms with Gasteiger partial charge in [0.05, 0.1) is 22.1 Å². The second kappa shape index (κ2) is 27.3. The summed E-state index contributed by atoms with van der Waals surface area (Å²) in [6, 6.07) is 155. The number of hydrogen-bond acceptors (Lipinski definition) is 3. The zero-order valence-electron chi connectivity index (χ0n) is 58.0. The van der Waals surface area contributed by atoms with Crippen LogP contribution in [0.25, 0.3) is 99.2 Å². The topological polar surface area (TPSA) is 46.6 Å². The van der Waals surface area contributed by atoms with Crippen LogP contribution in [-0.2, 0) is 0 Å². The lowest BCUT2D eigenvalue weighted by atomic mass is 10.0. The number of para-hydroxylation sites is 3. The molecule has 106 heavy (non-hydrogen) atoms. The van der Waals surface area contributed by atoms with Gasteiger partial charge in [-0.15, -0.1) is 20.1 Å². The standard InChI is InChI=1S/C99H71N5S2/c1-8-32-70(33-9-1)75-42-28-50-83(62-75)105(81-46-18-6-19-47-81,84-51-29-43-76(63-84)71-34-10-2-11-35-71)87-66-80(67-88(69-87)106(82-48-20-7-21-49-82,85-52-30-44-77(64-85)72-36-12-3-13-37-72)86-53-31-45-78(65-86)73-38-14-4-15-39-73)97-100-98(103-93-57-25-22-54-89(93)90-55-23-26-58-94(90)103)102-99(101-97)104-95-59-27-24-56-91(95)92-68-79(60-61-96(92)104)74-40-16-5-17-41-74/h1-69,98H,(H,100,101,102). The smallest absolute Gasteiger partial charge is 0.235 e. The molecule has 0 fully saturated rings. The van der Waals surface area contributed by atoms with E-state index in [4.69, 9.17) is 9.98 Å². The van der Waals surface area contributed by atoms with E-state index in [9.17, 15) is 0 Å². The molecule has 2 aromatic heterocycles. The van der Waals surface area contributed by atoms with Crippen molar-refractivity contribution in [3.05, 3.63) is 424 Å². The lowest BCUT2D eigenvalue weighted by Crippen LogP contribution is -2.38. The molecule has 16 aromatic carbocycles.